The molecule has 0 aliphatic carbocycles. The van der Waals surface area contributed by atoms with E-state index in [4.69, 9.17) is 11.6 Å². The first kappa shape index (κ1) is 16.6. The van der Waals surface area contributed by atoms with Gasteiger partial charge in [0.25, 0.3) is 0 Å². The van der Waals surface area contributed by atoms with Gasteiger partial charge in [0.1, 0.15) is 0 Å². The molecule has 0 saturated heterocycles. The van der Waals surface area contributed by atoms with E-state index < -0.39 is 11.7 Å². The Morgan fingerprint density at radius 1 is 1.12 bits per heavy atom. The average Bonchev–Trinajstić information content (AvgIpc) is 2.90. The van der Waals surface area contributed by atoms with Crippen molar-refractivity contribution in [3.05, 3.63) is 58.6 Å². The highest BCUT2D eigenvalue weighted by atomic mass is 35.5. The Hall–Kier alpha value is -2.21. The lowest BCUT2D eigenvalue weighted by molar-refractivity contribution is -0.137. The highest BCUT2D eigenvalue weighted by Gasteiger charge is 2.31. The largest absolute Gasteiger partial charge is 0.416 e. The van der Waals surface area contributed by atoms with Crippen LogP contribution in [0.1, 0.15) is 18.1 Å². The van der Waals surface area contributed by atoms with Gasteiger partial charge in [-0.05, 0) is 42.8 Å². The topological polar surface area (TPSA) is 29.9 Å². The summed E-state index contributed by atoms with van der Waals surface area (Å²) in [5.74, 6) is 0.543. The molecule has 0 aliphatic rings. The normalized spacial score (nSPS) is 11.9. The van der Waals surface area contributed by atoms with Gasteiger partial charge < -0.3 is 9.88 Å². The van der Waals surface area contributed by atoms with Crippen molar-refractivity contribution in [2.45, 2.75) is 26.2 Å². The molecule has 3 rings (SSSR count). The van der Waals surface area contributed by atoms with Crippen molar-refractivity contribution in [1.82, 2.24) is 9.55 Å². The number of aromatic nitrogens is 2. The SMILES string of the molecule is CCn1c(NCc2ccc(Cl)cc2)nc2cc(C(F)(F)F)ccc21. The van der Waals surface area contributed by atoms with E-state index in [1.165, 1.54) is 6.07 Å². The molecule has 0 saturated carbocycles. The number of rotatable bonds is 4. The van der Waals surface area contributed by atoms with Gasteiger partial charge in [0.05, 0.1) is 16.6 Å². The number of nitrogens with one attached hydrogen (secondary N) is 1. The molecule has 1 N–H and O–H groups in total. The molecule has 0 amide bonds. The molecule has 1 heterocycles. The van der Waals surface area contributed by atoms with Crippen LogP contribution < -0.4 is 5.32 Å². The van der Waals surface area contributed by atoms with Crippen molar-refractivity contribution in [1.29, 1.82) is 0 Å². The Balaban J connectivity index is 1.90. The van der Waals surface area contributed by atoms with Gasteiger partial charge in [-0.1, -0.05) is 23.7 Å². The van der Waals surface area contributed by atoms with Crippen molar-refractivity contribution >= 4 is 28.6 Å². The second-order valence-electron chi connectivity index (χ2n) is 5.36. The lowest BCUT2D eigenvalue weighted by Gasteiger charge is -2.09. The molecule has 0 spiro atoms. The minimum Gasteiger partial charge on any atom is -0.352 e. The van der Waals surface area contributed by atoms with Gasteiger partial charge in [0.2, 0.25) is 5.95 Å². The first-order chi connectivity index (χ1) is 11.4. The molecule has 0 unspecified atom stereocenters. The Morgan fingerprint density at radius 2 is 1.83 bits per heavy atom. The molecule has 0 fully saturated rings. The van der Waals surface area contributed by atoms with Crippen LogP contribution in [0.15, 0.2) is 42.5 Å². The van der Waals surface area contributed by atoms with Crippen LogP contribution in [0.5, 0.6) is 0 Å². The Kier molecular flexibility index (Phi) is 4.41. The molecule has 0 radical (unpaired) electrons. The molecule has 3 nitrogen and oxygen atoms in total. The number of alkyl halides is 3. The molecule has 1 aromatic heterocycles. The zero-order chi connectivity index (χ0) is 17.3. The highest BCUT2D eigenvalue weighted by Crippen LogP contribution is 2.32. The summed E-state index contributed by atoms with van der Waals surface area (Å²) >= 11 is 5.85. The van der Waals surface area contributed by atoms with Gasteiger partial charge >= 0.3 is 6.18 Å². The maximum atomic E-state index is 12.8. The van der Waals surface area contributed by atoms with E-state index in [2.05, 4.69) is 10.3 Å². The number of imidazole rings is 1. The van der Waals surface area contributed by atoms with Gasteiger partial charge in [0.15, 0.2) is 0 Å². The number of halogens is 4. The predicted octanol–water partition coefficient (Wildman–Crippen LogP) is 5.34. The molecule has 24 heavy (non-hydrogen) atoms. The van der Waals surface area contributed by atoms with Crippen LogP contribution in [0, 0.1) is 0 Å². The third-order valence-corrected chi connectivity index (χ3v) is 4.01. The van der Waals surface area contributed by atoms with Crippen LogP contribution in [-0.4, -0.2) is 9.55 Å². The molecule has 0 aliphatic heterocycles. The van der Waals surface area contributed by atoms with Gasteiger partial charge in [0, 0.05) is 18.1 Å². The molecule has 126 valence electrons. The summed E-state index contributed by atoms with van der Waals surface area (Å²) in [4.78, 5) is 4.32. The fraction of sp³-hybridized carbons (Fsp3) is 0.235. The van der Waals surface area contributed by atoms with E-state index in [1.54, 1.807) is 12.1 Å². The average molecular weight is 354 g/mol. The zero-order valence-electron chi connectivity index (χ0n) is 12.9. The summed E-state index contributed by atoms with van der Waals surface area (Å²) in [5.41, 5.74) is 1.31. The summed E-state index contributed by atoms with van der Waals surface area (Å²) in [6.07, 6.45) is -4.37. The Morgan fingerprint density at radius 3 is 2.46 bits per heavy atom. The smallest absolute Gasteiger partial charge is 0.352 e. The highest BCUT2D eigenvalue weighted by molar-refractivity contribution is 6.30. The summed E-state index contributed by atoms with van der Waals surface area (Å²) in [6, 6.07) is 11.0. The molecule has 0 bridgehead atoms. The van der Waals surface area contributed by atoms with Gasteiger partial charge in [-0.25, -0.2) is 4.98 Å². The lowest BCUT2D eigenvalue weighted by atomic mass is 10.2. The summed E-state index contributed by atoms with van der Waals surface area (Å²) in [7, 11) is 0. The van der Waals surface area contributed by atoms with Crippen LogP contribution in [-0.2, 0) is 19.3 Å². The quantitative estimate of drug-likeness (QED) is 0.686. The first-order valence-electron chi connectivity index (χ1n) is 7.44. The summed E-state index contributed by atoms with van der Waals surface area (Å²) in [6.45, 7) is 3.03. The van der Waals surface area contributed by atoms with Gasteiger partial charge in [-0.2, -0.15) is 13.2 Å². The second kappa shape index (κ2) is 6.36. The third-order valence-electron chi connectivity index (χ3n) is 3.76. The maximum Gasteiger partial charge on any atom is 0.416 e. The van der Waals surface area contributed by atoms with Gasteiger partial charge in [-0.3, -0.25) is 0 Å². The third kappa shape index (κ3) is 3.33. The van der Waals surface area contributed by atoms with E-state index in [-0.39, 0.29) is 0 Å². The van der Waals surface area contributed by atoms with Crippen molar-refractivity contribution in [3.8, 4) is 0 Å². The summed E-state index contributed by atoms with van der Waals surface area (Å²) in [5, 5.41) is 3.83. The summed E-state index contributed by atoms with van der Waals surface area (Å²) < 4.78 is 40.4. The number of hydrogen-bond acceptors (Lipinski definition) is 2. The molecule has 0 atom stereocenters. The van der Waals surface area contributed by atoms with Crippen LogP contribution >= 0.6 is 11.6 Å². The Labute approximate surface area is 142 Å². The first-order valence-corrected chi connectivity index (χ1v) is 7.82. The maximum absolute atomic E-state index is 12.8. The van der Waals surface area contributed by atoms with Crippen molar-refractivity contribution < 1.29 is 13.2 Å². The zero-order valence-corrected chi connectivity index (χ0v) is 13.6. The molecular weight excluding hydrogens is 339 g/mol. The Bertz CT molecular complexity index is 854. The number of anilines is 1. The molecule has 7 heteroatoms. The van der Waals surface area contributed by atoms with E-state index in [9.17, 15) is 13.2 Å². The van der Waals surface area contributed by atoms with Crippen LogP contribution in [0.2, 0.25) is 5.02 Å². The van der Waals surface area contributed by atoms with Crippen molar-refractivity contribution in [2.24, 2.45) is 0 Å². The fourth-order valence-corrected chi connectivity index (χ4v) is 2.67. The number of benzene rings is 2. The minimum atomic E-state index is -4.37. The fourth-order valence-electron chi connectivity index (χ4n) is 2.54. The standard InChI is InChI=1S/C17H15ClF3N3/c1-2-24-15-8-5-12(17(19,20)21)9-14(15)23-16(24)22-10-11-3-6-13(18)7-4-11/h3-9H,2,10H2,1H3,(H,22,23). The predicted molar refractivity (Wildman–Crippen MR) is 89.2 cm³/mol. The number of nitrogens with zero attached hydrogens (tertiary/aromatic N) is 2. The molecule has 2 aromatic carbocycles. The monoisotopic (exact) mass is 353 g/mol. The molecule has 3 aromatic rings. The van der Waals surface area contributed by atoms with Crippen LogP contribution in [0.4, 0.5) is 19.1 Å². The molecular formula is C17H15ClF3N3. The lowest BCUT2D eigenvalue weighted by Crippen LogP contribution is -2.06. The van der Waals surface area contributed by atoms with E-state index in [0.29, 0.717) is 35.1 Å². The van der Waals surface area contributed by atoms with E-state index in [1.807, 2.05) is 23.6 Å². The van der Waals surface area contributed by atoms with Crippen LogP contribution in [0.25, 0.3) is 11.0 Å². The minimum absolute atomic E-state index is 0.324. The number of aryl methyl sites for hydroxylation is 1. The van der Waals surface area contributed by atoms with Crippen molar-refractivity contribution in [3.63, 3.8) is 0 Å². The van der Waals surface area contributed by atoms with Gasteiger partial charge in [-0.15, -0.1) is 0 Å². The van der Waals surface area contributed by atoms with E-state index in [0.717, 1.165) is 17.7 Å². The number of fused-ring (bicyclic) bond motifs is 1. The van der Waals surface area contributed by atoms with Crippen LogP contribution in [0.3, 0.4) is 0 Å². The second-order valence-corrected chi connectivity index (χ2v) is 5.80. The number of hydrogen-bond donors (Lipinski definition) is 1. The van der Waals surface area contributed by atoms with Crippen molar-refractivity contribution in [2.75, 3.05) is 5.32 Å². The van der Waals surface area contributed by atoms with E-state index >= 15 is 0 Å².